The molecular weight excluding hydrogens is 314 g/mol. The summed E-state index contributed by atoms with van der Waals surface area (Å²) in [6.07, 6.45) is -0.892. The zero-order valence-electron chi connectivity index (χ0n) is 13.9. The van der Waals surface area contributed by atoms with Gasteiger partial charge in [0.1, 0.15) is 17.6 Å². The minimum Gasteiger partial charge on any atom is -0.457 e. The van der Waals surface area contributed by atoms with Crippen LogP contribution in [0.5, 0.6) is 11.5 Å². The Kier molecular flexibility index (Phi) is 5.32. The third-order valence-corrected chi connectivity index (χ3v) is 3.61. The van der Waals surface area contributed by atoms with Crippen molar-refractivity contribution in [1.29, 1.82) is 0 Å². The van der Waals surface area contributed by atoms with Crippen LogP contribution in [0.15, 0.2) is 84.9 Å². The first kappa shape index (κ1) is 16.6. The molecular formula is C21H19NO3. The highest BCUT2D eigenvalue weighted by atomic mass is 16.6. The average Bonchev–Trinajstić information content (AvgIpc) is 2.63. The van der Waals surface area contributed by atoms with E-state index in [4.69, 9.17) is 9.47 Å². The van der Waals surface area contributed by atoms with Crippen LogP contribution in [0.3, 0.4) is 0 Å². The quantitative estimate of drug-likeness (QED) is 0.643. The smallest absolute Gasteiger partial charge is 0.412 e. The lowest BCUT2D eigenvalue weighted by atomic mass is 10.1. The first-order valence-corrected chi connectivity index (χ1v) is 8.06. The summed E-state index contributed by atoms with van der Waals surface area (Å²) in [6, 6.07) is 26.3. The van der Waals surface area contributed by atoms with E-state index in [1.165, 1.54) is 0 Å². The summed E-state index contributed by atoms with van der Waals surface area (Å²) in [5.41, 5.74) is 1.55. The van der Waals surface area contributed by atoms with E-state index in [1.807, 2.05) is 79.7 Å². The third kappa shape index (κ3) is 4.85. The number of amides is 1. The molecule has 0 aliphatic carbocycles. The Morgan fingerprint density at radius 3 is 2.20 bits per heavy atom. The lowest BCUT2D eigenvalue weighted by molar-refractivity contribution is 0.121. The van der Waals surface area contributed by atoms with Crippen LogP contribution in [0.1, 0.15) is 18.6 Å². The standard InChI is InChI=1S/C21H19NO3/c1-16(24-21(23)22-18-10-4-2-5-11-18)17-9-8-14-20(15-17)25-19-12-6-3-7-13-19/h2-16H,1H3,(H,22,23). The minimum atomic E-state index is -0.493. The van der Waals surface area contributed by atoms with Crippen molar-refractivity contribution < 1.29 is 14.3 Å². The molecule has 126 valence electrons. The van der Waals surface area contributed by atoms with Crippen LogP contribution in [0, 0.1) is 0 Å². The third-order valence-electron chi connectivity index (χ3n) is 3.61. The summed E-state index contributed by atoms with van der Waals surface area (Å²) >= 11 is 0. The number of hydrogen-bond donors (Lipinski definition) is 1. The summed E-state index contributed by atoms with van der Waals surface area (Å²) in [5, 5.41) is 2.70. The SMILES string of the molecule is CC(OC(=O)Nc1ccccc1)c1cccc(Oc2ccccc2)c1. The van der Waals surface area contributed by atoms with Gasteiger partial charge in [0.15, 0.2) is 0 Å². The molecule has 1 amide bonds. The number of para-hydroxylation sites is 2. The molecule has 0 aliphatic rings. The highest BCUT2D eigenvalue weighted by Crippen LogP contribution is 2.26. The highest BCUT2D eigenvalue weighted by molar-refractivity contribution is 5.84. The second-order valence-corrected chi connectivity index (χ2v) is 5.53. The Morgan fingerprint density at radius 2 is 1.48 bits per heavy atom. The molecule has 0 radical (unpaired) electrons. The van der Waals surface area contributed by atoms with Crippen LogP contribution in [0.2, 0.25) is 0 Å². The predicted molar refractivity (Wildman–Crippen MR) is 97.9 cm³/mol. The van der Waals surface area contributed by atoms with Gasteiger partial charge in [-0.05, 0) is 48.9 Å². The fourth-order valence-corrected chi connectivity index (χ4v) is 2.35. The molecule has 0 saturated carbocycles. The van der Waals surface area contributed by atoms with Gasteiger partial charge in [0, 0.05) is 5.69 Å². The Morgan fingerprint density at radius 1 is 0.840 bits per heavy atom. The fraction of sp³-hybridized carbons (Fsp3) is 0.0952. The molecule has 0 bridgehead atoms. The minimum absolute atomic E-state index is 0.400. The normalized spacial score (nSPS) is 11.4. The van der Waals surface area contributed by atoms with Crippen molar-refractivity contribution in [2.75, 3.05) is 5.32 Å². The van der Waals surface area contributed by atoms with Crippen molar-refractivity contribution in [1.82, 2.24) is 0 Å². The van der Waals surface area contributed by atoms with Gasteiger partial charge in [-0.1, -0.05) is 48.5 Å². The monoisotopic (exact) mass is 333 g/mol. The number of benzene rings is 3. The molecule has 3 rings (SSSR count). The zero-order valence-corrected chi connectivity index (χ0v) is 13.9. The van der Waals surface area contributed by atoms with Crippen LogP contribution < -0.4 is 10.1 Å². The molecule has 0 aromatic heterocycles. The van der Waals surface area contributed by atoms with Crippen molar-refractivity contribution in [3.05, 3.63) is 90.5 Å². The molecule has 3 aromatic carbocycles. The van der Waals surface area contributed by atoms with Gasteiger partial charge in [0.2, 0.25) is 0 Å². The molecule has 1 N–H and O–H groups in total. The first-order valence-electron chi connectivity index (χ1n) is 8.06. The first-order chi connectivity index (χ1) is 12.2. The summed E-state index contributed by atoms with van der Waals surface area (Å²) in [4.78, 5) is 12.0. The van der Waals surface area contributed by atoms with Gasteiger partial charge in [-0.25, -0.2) is 4.79 Å². The van der Waals surface area contributed by atoms with Crippen LogP contribution in [-0.4, -0.2) is 6.09 Å². The van der Waals surface area contributed by atoms with E-state index >= 15 is 0 Å². The fourth-order valence-electron chi connectivity index (χ4n) is 2.35. The maximum atomic E-state index is 12.0. The Bertz CT molecular complexity index is 819. The molecule has 0 heterocycles. The van der Waals surface area contributed by atoms with E-state index in [-0.39, 0.29) is 0 Å². The largest absolute Gasteiger partial charge is 0.457 e. The predicted octanol–water partition coefficient (Wildman–Crippen LogP) is 5.79. The second-order valence-electron chi connectivity index (χ2n) is 5.53. The number of carbonyl (C=O) groups excluding carboxylic acids is 1. The molecule has 3 aromatic rings. The maximum absolute atomic E-state index is 12.0. The van der Waals surface area contributed by atoms with E-state index in [2.05, 4.69) is 5.32 Å². The second kappa shape index (κ2) is 8.02. The Balaban J connectivity index is 1.63. The lowest BCUT2D eigenvalue weighted by Gasteiger charge is -2.15. The van der Waals surface area contributed by atoms with Gasteiger partial charge in [0.25, 0.3) is 0 Å². The van der Waals surface area contributed by atoms with E-state index < -0.39 is 12.2 Å². The van der Waals surface area contributed by atoms with E-state index in [0.29, 0.717) is 11.4 Å². The number of ether oxygens (including phenoxy) is 2. The van der Waals surface area contributed by atoms with E-state index in [9.17, 15) is 4.79 Å². The van der Waals surface area contributed by atoms with Crippen molar-refractivity contribution in [2.45, 2.75) is 13.0 Å². The number of carbonyl (C=O) groups is 1. The van der Waals surface area contributed by atoms with E-state index in [1.54, 1.807) is 12.1 Å². The molecule has 0 fully saturated rings. The van der Waals surface area contributed by atoms with Gasteiger partial charge in [0.05, 0.1) is 0 Å². The summed E-state index contributed by atoms with van der Waals surface area (Å²) in [5.74, 6) is 1.46. The molecule has 0 aliphatic heterocycles. The van der Waals surface area contributed by atoms with Crippen LogP contribution in [0.25, 0.3) is 0 Å². The highest BCUT2D eigenvalue weighted by Gasteiger charge is 2.12. The molecule has 4 nitrogen and oxygen atoms in total. The molecule has 0 spiro atoms. The summed E-state index contributed by atoms with van der Waals surface area (Å²) in [7, 11) is 0. The lowest BCUT2D eigenvalue weighted by Crippen LogP contribution is -2.15. The van der Waals surface area contributed by atoms with Gasteiger partial charge >= 0.3 is 6.09 Å². The van der Waals surface area contributed by atoms with Gasteiger partial charge in [-0.15, -0.1) is 0 Å². The summed E-state index contributed by atoms with van der Waals surface area (Å²) < 4.78 is 11.3. The maximum Gasteiger partial charge on any atom is 0.412 e. The number of hydrogen-bond acceptors (Lipinski definition) is 3. The molecule has 1 atom stereocenters. The average molecular weight is 333 g/mol. The molecule has 4 heteroatoms. The van der Waals surface area contributed by atoms with Crippen LogP contribution in [0.4, 0.5) is 10.5 Å². The van der Waals surface area contributed by atoms with Crippen molar-refractivity contribution in [3.63, 3.8) is 0 Å². The van der Waals surface area contributed by atoms with E-state index in [0.717, 1.165) is 11.3 Å². The van der Waals surface area contributed by atoms with Crippen molar-refractivity contribution >= 4 is 11.8 Å². The topological polar surface area (TPSA) is 47.6 Å². The van der Waals surface area contributed by atoms with Crippen molar-refractivity contribution in [2.24, 2.45) is 0 Å². The van der Waals surface area contributed by atoms with Gasteiger partial charge in [-0.2, -0.15) is 0 Å². The van der Waals surface area contributed by atoms with Crippen molar-refractivity contribution in [3.8, 4) is 11.5 Å². The Labute approximate surface area is 147 Å². The molecule has 0 saturated heterocycles. The zero-order chi connectivity index (χ0) is 17.5. The summed E-state index contributed by atoms with van der Waals surface area (Å²) in [6.45, 7) is 1.83. The number of nitrogens with one attached hydrogen (secondary N) is 1. The number of rotatable bonds is 5. The molecule has 25 heavy (non-hydrogen) atoms. The molecule has 1 unspecified atom stereocenters. The van der Waals surface area contributed by atoms with Gasteiger partial charge < -0.3 is 9.47 Å². The van der Waals surface area contributed by atoms with Crippen LogP contribution >= 0.6 is 0 Å². The van der Waals surface area contributed by atoms with Gasteiger partial charge in [-0.3, -0.25) is 5.32 Å². The van der Waals surface area contributed by atoms with Crippen LogP contribution in [-0.2, 0) is 4.74 Å². The Hall–Kier alpha value is -3.27. The number of anilines is 1.